The standard InChI is InChI=1S/C10H12Cl2Si/c1-2-13(11,12)9-8-10-6-4-3-5-7-10/h3-9H,2H2,1H3/b9-8+. The van der Waals surface area contributed by atoms with Crippen LogP contribution in [0.1, 0.15) is 12.5 Å². The van der Waals surface area contributed by atoms with Crippen LogP contribution in [-0.4, -0.2) is 6.69 Å². The van der Waals surface area contributed by atoms with Crippen molar-refractivity contribution in [3.63, 3.8) is 0 Å². The summed E-state index contributed by atoms with van der Waals surface area (Å²) in [5, 5.41) is 0. The maximum absolute atomic E-state index is 6.09. The van der Waals surface area contributed by atoms with Gasteiger partial charge in [0, 0.05) is 0 Å². The lowest BCUT2D eigenvalue weighted by molar-refractivity contribution is 1.45. The second-order valence-corrected chi connectivity index (χ2v) is 10.0. The van der Waals surface area contributed by atoms with Crippen LogP contribution in [0.5, 0.6) is 0 Å². The zero-order chi connectivity index (χ0) is 9.73. The van der Waals surface area contributed by atoms with E-state index in [-0.39, 0.29) is 0 Å². The average Bonchev–Trinajstić information content (AvgIpc) is 2.17. The highest BCUT2D eigenvalue weighted by molar-refractivity contribution is 7.47. The fraction of sp³-hybridized carbons (Fsp3) is 0.200. The van der Waals surface area contributed by atoms with Crippen molar-refractivity contribution in [3.05, 3.63) is 41.6 Å². The Labute approximate surface area is 89.6 Å². The minimum Gasteiger partial charge on any atom is -0.140 e. The summed E-state index contributed by atoms with van der Waals surface area (Å²) in [4.78, 5) is 0. The van der Waals surface area contributed by atoms with Crippen molar-refractivity contribution in [2.24, 2.45) is 0 Å². The topological polar surface area (TPSA) is 0 Å². The van der Waals surface area contributed by atoms with Crippen LogP contribution in [0, 0.1) is 0 Å². The predicted molar refractivity (Wildman–Crippen MR) is 63.4 cm³/mol. The molecule has 0 saturated carbocycles. The fourth-order valence-electron chi connectivity index (χ4n) is 0.900. The van der Waals surface area contributed by atoms with Crippen molar-refractivity contribution in [1.82, 2.24) is 0 Å². The van der Waals surface area contributed by atoms with Crippen molar-refractivity contribution in [3.8, 4) is 0 Å². The highest BCUT2D eigenvalue weighted by Crippen LogP contribution is 2.22. The Hall–Kier alpha value is -0.243. The molecular weight excluding hydrogens is 219 g/mol. The molecular formula is C10H12Cl2Si. The van der Waals surface area contributed by atoms with Gasteiger partial charge in [-0.15, -0.1) is 22.2 Å². The molecule has 70 valence electrons. The summed E-state index contributed by atoms with van der Waals surface area (Å²) in [5.41, 5.74) is 3.10. The van der Waals surface area contributed by atoms with Crippen molar-refractivity contribution in [2.45, 2.75) is 13.0 Å². The Balaban J connectivity index is 2.69. The van der Waals surface area contributed by atoms with E-state index in [9.17, 15) is 0 Å². The first-order chi connectivity index (χ1) is 6.14. The van der Waals surface area contributed by atoms with Crippen LogP contribution in [0.25, 0.3) is 6.08 Å². The second-order valence-electron chi connectivity index (χ2n) is 2.86. The van der Waals surface area contributed by atoms with Gasteiger partial charge in [0.2, 0.25) is 0 Å². The first kappa shape index (κ1) is 10.8. The molecule has 0 amide bonds. The Morgan fingerprint density at radius 3 is 2.38 bits per heavy atom. The molecule has 0 aliphatic rings. The van der Waals surface area contributed by atoms with Gasteiger partial charge in [-0.2, -0.15) is 0 Å². The van der Waals surface area contributed by atoms with Crippen molar-refractivity contribution >= 4 is 34.9 Å². The molecule has 1 aromatic rings. The molecule has 1 aromatic carbocycles. The molecule has 0 aliphatic heterocycles. The maximum atomic E-state index is 6.09. The Morgan fingerprint density at radius 1 is 1.23 bits per heavy atom. The van der Waals surface area contributed by atoms with Gasteiger partial charge in [0.05, 0.1) is 0 Å². The van der Waals surface area contributed by atoms with Gasteiger partial charge in [0.1, 0.15) is 0 Å². The van der Waals surface area contributed by atoms with Gasteiger partial charge in [-0.1, -0.05) is 49.0 Å². The monoisotopic (exact) mass is 230 g/mol. The molecule has 13 heavy (non-hydrogen) atoms. The predicted octanol–water partition coefficient (Wildman–Crippen LogP) is 4.18. The third-order valence-corrected chi connectivity index (χ3v) is 5.75. The Bertz CT molecular complexity index is 280. The van der Waals surface area contributed by atoms with E-state index >= 15 is 0 Å². The van der Waals surface area contributed by atoms with Crippen LogP contribution in [0.4, 0.5) is 0 Å². The number of halogens is 2. The van der Waals surface area contributed by atoms with Gasteiger partial charge < -0.3 is 0 Å². The third-order valence-electron chi connectivity index (χ3n) is 1.79. The third kappa shape index (κ3) is 3.99. The molecule has 0 heterocycles. The van der Waals surface area contributed by atoms with Crippen molar-refractivity contribution in [2.75, 3.05) is 0 Å². The van der Waals surface area contributed by atoms with Crippen molar-refractivity contribution in [1.29, 1.82) is 0 Å². The lowest BCUT2D eigenvalue weighted by Gasteiger charge is -2.06. The van der Waals surface area contributed by atoms with E-state index in [4.69, 9.17) is 22.2 Å². The summed E-state index contributed by atoms with van der Waals surface area (Å²) in [5.74, 6) is 0. The molecule has 1 rings (SSSR count). The zero-order valence-electron chi connectivity index (χ0n) is 7.50. The van der Waals surface area contributed by atoms with Crippen LogP contribution < -0.4 is 0 Å². The van der Waals surface area contributed by atoms with E-state index in [1.807, 2.05) is 49.0 Å². The lowest BCUT2D eigenvalue weighted by Crippen LogP contribution is -2.12. The minimum atomic E-state index is -2.10. The number of hydrogen-bond donors (Lipinski definition) is 0. The normalized spacial score (nSPS) is 12.2. The lowest BCUT2D eigenvalue weighted by atomic mass is 10.2. The highest BCUT2D eigenvalue weighted by atomic mass is 35.7. The molecule has 0 aromatic heterocycles. The minimum absolute atomic E-state index is 0.847. The van der Waals surface area contributed by atoms with E-state index in [1.165, 1.54) is 0 Å². The Kier molecular flexibility index (Phi) is 4.04. The average molecular weight is 231 g/mol. The molecule has 0 unspecified atom stereocenters. The van der Waals surface area contributed by atoms with Crippen molar-refractivity contribution < 1.29 is 0 Å². The molecule has 0 fully saturated rings. The van der Waals surface area contributed by atoms with Gasteiger partial charge >= 0.3 is 0 Å². The Morgan fingerprint density at radius 2 is 1.85 bits per heavy atom. The number of hydrogen-bond acceptors (Lipinski definition) is 0. The van der Waals surface area contributed by atoms with Crippen LogP contribution in [-0.2, 0) is 0 Å². The zero-order valence-corrected chi connectivity index (χ0v) is 10.0. The van der Waals surface area contributed by atoms with Gasteiger partial charge in [0.25, 0.3) is 6.69 Å². The summed E-state index contributed by atoms with van der Waals surface area (Å²) in [6.45, 7) is -0.0807. The SMILES string of the molecule is CC[Si](Cl)(Cl)/C=C/c1ccccc1. The van der Waals surface area contributed by atoms with Gasteiger partial charge in [-0.3, -0.25) is 0 Å². The molecule has 3 heteroatoms. The molecule has 0 bridgehead atoms. The number of benzene rings is 1. The van der Waals surface area contributed by atoms with Crippen LogP contribution >= 0.6 is 22.2 Å². The van der Waals surface area contributed by atoms with E-state index in [0.717, 1.165) is 11.6 Å². The van der Waals surface area contributed by atoms with Crippen LogP contribution in [0.3, 0.4) is 0 Å². The molecule has 0 nitrogen and oxygen atoms in total. The first-order valence-electron chi connectivity index (χ1n) is 4.26. The molecule has 0 N–H and O–H groups in total. The van der Waals surface area contributed by atoms with E-state index in [1.54, 1.807) is 0 Å². The summed E-state index contributed by atoms with van der Waals surface area (Å²) in [7, 11) is 0. The molecule has 0 atom stereocenters. The quantitative estimate of drug-likeness (QED) is 0.540. The van der Waals surface area contributed by atoms with Gasteiger partial charge in [-0.25, -0.2) is 0 Å². The number of rotatable bonds is 3. The van der Waals surface area contributed by atoms with Crippen LogP contribution in [0.2, 0.25) is 6.04 Å². The largest absolute Gasteiger partial charge is 0.273 e. The van der Waals surface area contributed by atoms with E-state index in [0.29, 0.717) is 0 Å². The summed E-state index contributed by atoms with van der Waals surface area (Å²) in [6.07, 6.45) is 2.00. The molecule has 0 spiro atoms. The van der Waals surface area contributed by atoms with Gasteiger partial charge in [0.15, 0.2) is 0 Å². The summed E-state index contributed by atoms with van der Waals surface area (Å²) in [6, 6.07) is 10.9. The first-order valence-corrected chi connectivity index (χ1v) is 8.57. The summed E-state index contributed by atoms with van der Waals surface area (Å²) < 4.78 is 0. The molecule has 0 saturated heterocycles. The smallest absolute Gasteiger partial charge is 0.140 e. The molecule has 0 radical (unpaired) electrons. The molecule has 0 aliphatic carbocycles. The van der Waals surface area contributed by atoms with E-state index < -0.39 is 6.69 Å². The van der Waals surface area contributed by atoms with Gasteiger partial charge in [-0.05, 0) is 11.6 Å². The second kappa shape index (κ2) is 4.84. The summed E-state index contributed by atoms with van der Waals surface area (Å²) >= 11 is 12.2. The fourth-order valence-corrected chi connectivity index (χ4v) is 1.95. The highest BCUT2D eigenvalue weighted by Gasteiger charge is 2.20. The van der Waals surface area contributed by atoms with E-state index in [2.05, 4.69) is 0 Å². The van der Waals surface area contributed by atoms with Crippen LogP contribution in [0.15, 0.2) is 36.0 Å². The maximum Gasteiger partial charge on any atom is 0.273 e.